The van der Waals surface area contributed by atoms with Crippen molar-refractivity contribution in [2.24, 2.45) is 5.73 Å². The van der Waals surface area contributed by atoms with Crippen LogP contribution in [0, 0.1) is 11.6 Å². The van der Waals surface area contributed by atoms with Crippen LogP contribution in [0.15, 0.2) is 12.3 Å². The SMILES string of the molecule is NC1(COc2ncc(F)cc2F)CCCCCC1. The Morgan fingerprint density at radius 2 is 1.89 bits per heavy atom. The van der Waals surface area contributed by atoms with E-state index in [2.05, 4.69) is 4.98 Å². The third kappa shape index (κ3) is 3.38. The van der Waals surface area contributed by atoms with Gasteiger partial charge in [0.1, 0.15) is 12.4 Å². The van der Waals surface area contributed by atoms with Gasteiger partial charge >= 0.3 is 0 Å². The molecule has 0 aromatic carbocycles. The molecule has 2 N–H and O–H groups in total. The van der Waals surface area contributed by atoms with E-state index in [9.17, 15) is 8.78 Å². The van der Waals surface area contributed by atoms with Gasteiger partial charge in [0.15, 0.2) is 5.82 Å². The zero-order valence-corrected chi connectivity index (χ0v) is 10.3. The molecule has 18 heavy (non-hydrogen) atoms. The van der Waals surface area contributed by atoms with Crippen LogP contribution in [-0.2, 0) is 0 Å². The van der Waals surface area contributed by atoms with Gasteiger partial charge in [0, 0.05) is 6.07 Å². The summed E-state index contributed by atoms with van der Waals surface area (Å²) in [7, 11) is 0. The lowest BCUT2D eigenvalue weighted by Gasteiger charge is -2.27. The summed E-state index contributed by atoms with van der Waals surface area (Å²) in [6, 6.07) is 0.763. The predicted molar refractivity (Wildman–Crippen MR) is 64.3 cm³/mol. The van der Waals surface area contributed by atoms with Crippen molar-refractivity contribution in [3.05, 3.63) is 23.9 Å². The number of rotatable bonds is 3. The van der Waals surface area contributed by atoms with Gasteiger partial charge in [-0.2, -0.15) is 0 Å². The fourth-order valence-corrected chi connectivity index (χ4v) is 2.30. The molecule has 0 bridgehead atoms. The Hall–Kier alpha value is -1.23. The summed E-state index contributed by atoms with van der Waals surface area (Å²) < 4.78 is 31.3. The normalized spacial score (nSPS) is 19.3. The average molecular weight is 256 g/mol. The highest BCUT2D eigenvalue weighted by molar-refractivity contribution is 5.14. The molecule has 0 spiro atoms. The molecule has 3 nitrogen and oxygen atoms in total. The monoisotopic (exact) mass is 256 g/mol. The van der Waals surface area contributed by atoms with E-state index in [0.717, 1.165) is 37.9 Å². The van der Waals surface area contributed by atoms with Crippen LogP contribution in [-0.4, -0.2) is 17.1 Å². The number of nitrogens with two attached hydrogens (primary N) is 1. The number of hydrogen-bond donors (Lipinski definition) is 1. The van der Waals surface area contributed by atoms with Crippen molar-refractivity contribution < 1.29 is 13.5 Å². The van der Waals surface area contributed by atoms with E-state index in [1.807, 2.05) is 0 Å². The molecule has 1 heterocycles. The molecule has 2 rings (SSSR count). The zero-order chi connectivity index (χ0) is 13.0. The second-order valence-electron chi connectivity index (χ2n) is 5.01. The van der Waals surface area contributed by atoms with Crippen LogP contribution >= 0.6 is 0 Å². The summed E-state index contributed by atoms with van der Waals surface area (Å²) in [5, 5.41) is 0. The summed E-state index contributed by atoms with van der Waals surface area (Å²) in [5.74, 6) is -1.67. The molecular weight excluding hydrogens is 238 g/mol. The first-order valence-electron chi connectivity index (χ1n) is 6.32. The van der Waals surface area contributed by atoms with Crippen molar-refractivity contribution in [3.8, 4) is 5.88 Å². The third-order valence-electron chi connectivity index (χ3n) is 3.37. The number of hydrogen-bond acceptors (Lipinski definition) is 3. The van der Waals surface area contributed by atoms with E-state index < -0.39 is 17.2 Å². The van der Waals surface area contributed by atoms with Crippen molar-refractivity contribution in [2.45, 2.75) is 44.1 Å². The second kappa shape index (κ2) is 5.61. The number of ether oxygens (including phenoxy) is 1. The highest BCUT2D eigenvalue weighted by Gasteiger charge is 2.27. The Balaban J connectivity index is 1.97. The number of halogens is 2. The lowest BCUT2D eigenvalue weighted by atomic mass is 9.93. The van der Waals surface area contributed by atoms with Gasteiger partial charge in [-0.15, -0.1) is 0 Å². The Morgan fingerprint density at radius 3 is 2.50 bits per heavy atom. The largest absolute Gasteiger partial charge is 0.474 e. The quantitative estimate of drug-likeness (QED) is 0.846. The predicted octanol–water partition coefficient (Wildman–Crippen LogP) is 2.79. The maximum Gasteiger partial charge on any atom is 0.250 e. The topological polar surface area (TPSA) is 48.1 Å². The summed E-state index contributed by atoms with van der Waals surface area (Å²) in [6.07, 6.45) is 7.18. The summed E-state index contributed by atoms with van der Waals surface area (Å²) >= 11 is 0. The van der Waals surface area contributed by atoms with Crippen molar-refractivity contribution in [1.82, 2.24) is 4.98 Å². The average Bonchev–Trinajstić information content (AvgIpc) is 2.54. The van der Waals surface area contributed by atoms with Gasteiger partial charge in [-0.1, -0.05) is 25.7 Å². The molecule has 5 heteroatoms. The van der Waals surface area contributed by atoms with E-state index in [1.165, 1.54) is 12.8 Å². The molecule has 0 atom stereocenters. The molecule has 0 amide bonds. The molecule has 0 aliphatic heterocycles. The zero-order valence-electron chi connectivity index (χ0n) is 10.3. The molecule has 0 saturated heterocycles. The fraction of sp³-hybridized carbons (Fsp3) is 0.615. The highest BCUT2D eigenvalue weighted by atomic mass is 19.1. The first kappa shape index (κ1) is 13.2. The van der Waals surface area contributed by atoms with Gasteiger partial charge in [-0.3, -0.25) is 0 Å². The van der Waals surface area contributed by atoms with Gasteiger partial charge in [0.25, 0.3) is 5.88 Å². The lowest BCUT2D eigenvalue weighted by Crippen LogP contribution is -2.45. The Labute approximate surface area is 105 Å². The molecule has 1 aliphatic rings. The lowest BCUT2D eigenvalue weighted by molar-refractivity contribution is 0.186. The van der Waals surface area contributed by atoms with Gasteiger partial charge in [0.2, 0.25) is 0 Å². The van der Waals surface area contributed by atoms with Gasteiger partial charge < -0.3 is 10.5 Å². The third-order valence-corrected chi connectivity index (χ3v) is 3.37. The highest BCUT2D eigenvalue weighted by Crippen LogP contribution is 2.26. The summed E-state index contributed by atoms with van der Waals surface area (Å²) in [6.45, 7) is 0.225. The second-order valence-corrected chi connectivity index (χ2v) is 5.01. The maximum atomic E-state index is 13.3. The first-order valence-corrected chi connectivity index (χ1v) is 6.32. The molecule has 0 unspecified atom stereocenters. The van der Waals surface area contributed by atoms with Gasteiger partial charge in [-0.25, -0.2) is 13.8 Å². The molecule has 1 aromatic rings. The molecule has 100 valence electrons. The van der Waals surface area contributed by atoms with E-state index in [0.29, 0.717) is 0 Å². The van der Waals surface area contributed by atoms with E-state index >= 15 is 0 Å². The van der Waals surface area contributed by atoms with Crippen LogP contribution in [0.5, 0.6) is 5.88 Å². The standard InChI is InChI=1S/C13H18F2N2O/c14-10-7-11(15)12(17-8-10)18-9-13(16)5-3-1-2-4-6-13/h7-8H,1-6,9,16H2. The molecule has 1 saturated carbocycles. The molecule has 1 aliphatic carbocycles. The molecule has 0 radical (unpaired) electrons. The van der Waals surface area contributed by atoms with Crippen molar-refractivity contribution in [2.75, 3.05) is 6.61 Å². The van der Waals surface area contributed by atoms with Crippen LogP contribution in [0.25, 0.3) is 0 Å². The first-order chi connectivity index (χ1) is 8.59. The minimum atomic E-state index is -0.785. The summed E-state index contributed by atoms with van der Waals surface area (Å²) in [5.41, 5.74) is 5.82. The Bertz CT molecular complexity index is 404. The van der Waals surface area contributed by atoms with Crippen molar-refractivity contribution in [1.29, 1.82) is 0 Å². The molecular formula is C13H18F2N2O. The van der Waals surface area contributed by atoms with Crippen LogP contribution in [0.1, 0.15) is 38.5 Å². The minimum Gasteiger partial charge on any atom is -0.474 e. The van der Waals surface area contributed by atoms with E-state index in [4.69, 9.17) is 10.5 Å². The smallest absolute Gasteiger partial charge is 0.250 e. The van der Waals surface area contributed by atoms with Gasteiger partial charge in [-0.05, 0) is 12.8 Å². The minimum absolute atomic E-state index is 0.175. The van der Waals surface area contributed by atoms with Crippen molar-refractivity contribution >= 4 is 0 Å². The fourth-order valence-electron chi connectivity index (χ4n) is 2.30. The van der Waals surface area contributed by atoms with Gasteiger partial charge in [0.05, 0.1) is 11.7 Å². The molecule has 1 fully saturated rings. The van der Waals surface area contributed by atoms with Crippen LogP contribution in [0.2, 0.25) is 0 Å². The van der Waals surface area contributed by atoms with Crippen LogP contribution in [0.3, 0.4) is 0 Å². The van der Waals surface area contributed by atoms with E-state index in [-0.39, 0.29) is 12.5 Å². The van der Waals surface area contributed by atoms with Crippen molar-refractivity contribution in [3.63, 3.8) is 0 Å². The van der Waals surface area contributed by atoms with E-state index in [1.54, 1.807) is 0 Å². The molecule has 1 aromatic heterocycles. The number of aromatic nitrogens is 1. The maximum absolute atomic E-state index is 13.3. The number of pyridine rings is 1. The Morgan fingerprint density at radius 1 is 1.22 bits per heavy atom. The van der Waals surface area contributed by atoms with Crippen LogP contribution < -0.4 is 10.5 Å². The Kier molecular flexibility index (Phi) is 4.11. The van der Waals surface area contributed by atoms with Crippen LogP contribution in [0.4, 0.5) is 8.78 Å². The number of nitrogens with zero attached hydrogens (tertiary/aromatic N) is 1. The summed E-state index contributed by atoms with van der Waals surface area (Å²) in [4.78, 5) is 3.59.